The Morgan fingerprint density at radius 1 is 1.43 bits per heavy atom. The number of hydrogen-bond donors (Lipinski definition) is 0. The molecule has 1 aliphatic rings. The van der Waals surface area contributed by atoms with Gasteiger partial charge in [-0.15, -0.1) is 0 Å². The van der Waals surface area contributed by atoms with Crippen LogP contribution in [-0.4, -0.2) is 12.1 Å². The van der Waals surface area contributed by atoms with Crippen molar-refractivity contribution < 1.29 is 9.53 Å². The fourth-order valence-electron chi connectivity index (χ4n) is 1.99. The van der Waals surface area contributed by atoms with Gasteiger partial charge < -0.3 is 4.74 Å². The molecule has 0 spiro atoms. The Morgan fingerprint density at radius 2 is 2.14 bits per heavy atom. The predicted octanol–water partition coefficient (Wildman–Crippen LogP) is 3.07. The van der Waals surface area contributed by atoms with Gasteiger partial charge in [0, 0.05) is 5.57 Å². The second-order valence-electron chi connectivity index (χ2n) is 4.00. The van der Waals surface area contributed by atoms with E-state index in [1.165, 1.54) is 12.8 Å². The Morgan fingerprint density at radius 3 is 2.71 bits per heavy atom. The maximum Gasteiger partial charge on any atom is 0.333 e. The van der Waals surface area contributed by atoms with E-state index in [1.807, 2.05) is 6.92 Å². The number of ether oxygens (including phenoxy) is 1. The highest BCUT2D eigenvalue weighted by molar-refractivity contribution is 5.87. The molecule has 14 heavy (non-hydrogen) atoms. The monoisotopic (exact) mass is 196 g/mol. The maximum absolute atomic E-state index is 11.5. The lowest BCUT2D eigenvalue weighted by atomic mass is 10.0. The first-order chi connectivity index (χ1) is 6.69. The highest BCUT2D eigenvalue weighted by Crippen LogP contribution is 2.31. The summed E-state index contributed by atoms with van der Waals surface area (Å²) in [4.78, 5) is 11.5. The summed E-state index contributed by atoms with van der Waals surface area (Å²) in [5, 5.41) is 0. The topological polar surface area (TPSA) is 26.3 Å². The Kier molecular flexibility index (Phi) is 4.18. The quantitative estimate of drug-likeness (QED) is 0.510. The van der Waals surface area contributed by atoms with Crippen molar-refractivity contribution in [3.8, 4) is 0 Å². The summed E-state index contributed by atoms with van der Waals surface area (Å²) >= 11 is 0. The summed E-state index contributed by atoms with van der Waals surface area (Å²) in [7, 11) is 0. The summed E-state index contributed by atoms with van der Waals surface area (Å²) in [6.45, 7) is 7.78. The SMILES string of the molecule is C=C(CC)C(=O)OC1CCCC1CC. The summed E-state index contributed by atoms with van der Waals surface area (Å²) in [6, 6.07) is 0. The van der Waals surface area contributed by atoms with Crippen LogP contribution in [0.1, 0.15) is 46.0 Å². The molecule has 2 heteroatoms. The molecule has 0 saturated heterocycles. The highest BCUT2D eigenvalue weighted by atomic mass is 16.5. The van der Waals surface area contributed by atoms with Gasteiger partial charge in [-0.25, -0.2) is 4.79 Å². The number of carbonyl (C=O) groups excluding carboxylic acids is 1. The summed E-state index contributed by atoms with van der Waals surface area (Å²) in [6.07, 6.45) is 5.36. The molecule has 0 aromatic rings. The second kappa shape index (κ2) is 5.18. The lowest BCUT2D eigenvalue weighted by Crippen LogP contribution is -2.22. The molecule has 1 rings (SSSR count). The Bertz CT molecular complexity index is 220. The molecule has 0 heterocycles. The lowest BCUT2D eigenvalue weighted by molar-refractivity contribution is -0.146. The van der Waals surface area contributed by atoms with Crippen molar-refractivity contribution in [1.82, 2.24) is 0 Å². The zero-order chi connectivity index (χ0) is 10.6. The molecule has 0 bridgehead atoms. The predicted molar refractivity (Wildman–Crippen MR) is 56.9 cm³/mol. The molecule has 2 unspecified atom stereocenters. The smallest absolute Gasteiger partial charge is 0.333 e. The zero-order valence-electron chi connectivity index (χ0n) is 9.21. The van der Waals surface area contributed by atoms with Gasteiger partial charge in [0.05, 0.1) is 0 Å². The van der Waals surface area contributed by atoms with E-state index in [4.69, 9.17) is 4.74 Å². The van der Waals surface area contributed by atoms with Crippen molar-refractivity contribution in [1.29, 1.82) is 0 Å². The summed E-state index contributed by atoms with van der Waals surface area (Å²) in [5.74, 6) is 0.376. The van der Waals surface area contributed by atoms with Crippen LogP contribution >= 0.6 is 0 Å². The van der Waals surface area contributed by atoms with Gasteiger partial charge in [-0.3, -0.25) is 0 Å². The average Bonchev–Trinajstić information content (AvgIpc) is 2.63. The van der Waals surface area contributed by atoms with Crippen molar-refractivity contribution in [2.24, 2.45) is 5.92 Å². The van der Waals surface area contributed by atoms with Crippen LogP contribution in [0.5, 0.6) is 0 Å². The van der Waals surface area contributed by atoms with Crippen molar-refractivity contribution in [3.63, 3.8) is 0 Å². The lowest BCUT2D eigenvalue weighted by Gasteiger charge is -2.18. The molecule has 80 valence electrons. The van der Waals surface area contributed by atoms with E-state index in [9.17, 15) is 4.79 Å². The minimum absolute atomic E-state index is 0.149. The van der Waals surface area contributed by atoms with Gasteiger partial charge in [-0.2, -0.15) is 0 Å². The third-order valence-corrected chi connectivity index (χ3v) is 3.09. The largest absolute Gasteiger partial charge is 0.459 e. The fourth-order valence-corrected chi connectivity index (χ4v) is 1.99. The molecule has 1 fully saturated rings. The van der Waals surface area contributed by atoms with Crippen molar-refractivity contribution in [2.75, 3.05) is 0 Å². The normalized spacial score (nSPS) is 26.1. The third-order valence-electron chi connectivity index (χ3n) is 3.09. The Labute approximate surface area is 86.3 Å². The van der Waals surface area contributed by atoms with Crippen LogP contribution in [0, 0.1) is 5.92 Å². The Hall–Kier alpha value is -0.790. The van der Waals surface area contributed by atoms with Gasteiger partial charge in [0.25, 0.3) is 0 Å². The van der Waals surface area contributed by atoms with Crippen LogP contribution in [0.2, 0.25) is 0 Å². The average molecular weight is 196 g/mol. The van der Waals surface area contributed by atoms with Gasteiger partial charge >= 0.3 is 5.97 Å². The minimum atomic E-state index is -0.196. The van der Waals surface area contributed by atoms with E-state index in [-0.39, 0.29) is 12.1 Å². The first kappa shape index (κ1) is 11.3. The van der Waals surface area contributed by atoms with Gasteiger partial charge in [0.2, 0.25) is 0 Å². The van der Waals surface area contributed by atoms with E-state index < -0.39 is 0 Å². The standard InChI is InChI=1S/C12H20O2/c1-4-9(3)12(13)14-11-8-6-7-10(11)5-2/h10-11H,3-8H2,1-2H3. The second-order valence-corrected chi connectivity index (χ2v) is 4.00. The van der Waals surface area contributed by atoms with E-state index in [0.717, 1.165) is 12.8 Å². The van der Waals surface area contributed by atoms with Crippen molar-refractivity contribution >= 4 is 5.97 Å². The molecule has 0 aromatic carbocycles. The van der Waals surface area contributed by atoms with Crippen LogP contribution in [0.15, 0.2) is 12.2 Å². The van der Waals surface area contributed by atoms with Crippen molar-refractivity contribution in [3.05, 3.63) is 12.2 Å². The van der Waals surface area contributed by atoms with E-state index >= 15 is 0 Å². The molecule has 2 nitrogen and oxygen atoms in total. The molecular weight excluding hydrogens is 176 g/mol. The van der Waals surface area contributed by atoms with E-state index in [0.29, 0.717) is 17.9 Å². The zero-order valence-corrected chi connectivity index (χ0v) is 9.21. The maximum atomic E-state index is 11.5. The number of hydrogen-bond acceptors (Lipinski definition) is 2. The Balaban J connectivity index is 2.43. The fraction of sp³-hybridized carbons (Fsp3) is 0.750. The van der Waals surface area contributed by atoms with Gasteiger partial charge in [-0.1, -0.05) is 20.4 Å². The highest BCUT2D eigenvalue weighted by Gasteiger charge is 2.29. The van der Waals surface area contributed by atoms with E-state index in [2.05, 4.69) is 13.5 Å². The van der Waals surface area contributed by atoms with Crippen LogP contribution in [-0.2, 0) is 9.53 Å². The van der Waals surface area contributed by atoms with Crippen LogP contribution in [0.25, 0.3) is 0 Å². The van der Waals surface area contributed by atoms with Gasteiger partial charge in [-0.05, 0) is 38.0 Å². The number of rotatable bonds is 4. The molecule has 1 aliphatic carbocycles. The molecule has 2 atom stereocenters. The molecule has 0 amide bonds. The first-order valence-corrected chi connectivity index (χ1v) is 5.57. The van der Waals surface area contributed by atoms with Gasteiger partial charge in [0.15, 0.2) is 0 Å². The first-order valence-electron chi connectivity index (χ1n) is 5.57. The van der Waals surface area contributed by atoms with Crippen molar-refractivity contribution in [2.45, 2.75) is 52.1 Å². The van der Waals surface area contributed by atoms with E-state index in [1.54, 1.807) is 0 Å². The molecule has 0 aliphatic heterocycles. The molecule has 0 aromatic heterocycles. The van der Waals surface area contributed by atoms with Gasteiger partial charge in [0.1, 0.15) is 6.10 Å². The molecule has 1 saturated carbocycles. The van der Waals surface area contributed by atoms with Crippen LogP contribution in [0.4, 0.5) is 0 Å². The summed E-state index contributed by atoms with van der Waals surface area (Å²) < 4.78 is 5.43. The molecular formula is C12H20O2. The number of esters is 1. The third kappa shape index (κ3) is 2.60. The number of carbonyl (C=O) groups is 1. The van der Waals surface area contributed by atoms with Crippen LogP contribution < -0.4 is 0 Å². The van der Waals surface area contributed by atoms with Crippen LogP contribution in [0.3, 0.4) is 0 Å². The molecule has 0 N–H and O–H groups in total. The summed E-state index contributed by atoms with van der Waals surface area (Å²) in [5.41, 5.74) is 0.590. The minimum Gasteiger partial charge on any atom is -0.459 e. The molecule has 0 radical (unpaired) electrons.